The summed E-state index contributed by atoms with van der Waals surface area (Å²) >= 11 is 0. The normalized spacial score (nSPS) is 18.1. The summed E-state index contributed by atoms with van der Waals surface area (Å²) < 4.78 is 0. The smallest absolute Gasteiger partial charge is 0.0802 e. The molecule has 2 aromatic heterocycles. The van der Waals surface area contributed by atoms with Gasteiger partial charge in [-0.05, 0) is 58.8 Å². The number of hydrogen-bond donors (Lipinski definition) is 0. The molecular weight excluding hydrogens is 352 g/mol. The average molecular weight is 379 g/mol. The molecule has 0 radical (unpaired) electrons. The van der Waals surface area contributed by atoms with Crippen molar-refractivity contribution < 1.29 is 0 Å². The van der Waals surface area contributed by atoms with Crippen molar-refractivity contribution in [3.05, 3.63) is 71.7 Å². The molecule has 144 valence electrons. The minimum atomic E-state index is -0.141. The summed E-state index contributed by atoms with van der Waals surface area (Å²) in [7, 11) is 0. The minimum absolute atomic E-state index is 0.141. The van der Waals surface area contributed by atoms with Crippen molar-refractivity contribution in [2.24, 2.45) is 0 Å². The highest BCUT2D eigenvalue weighted by atomic mass is 14.8. The first-order chi connectivity index (χ1) is 14.1. The van der Waals surface area contributed by atoms with Crippen molar-refractivity contribution >= 4 is 21.5 Å². The number of nitrogens with zero attached hydrogens (tertiary/aromatic N) is 2. The van der Waals surface area contributed by atoms with Crippen LogP contribution in [0.3, 0.4) is 0 Å². The van der Waals surface area contributed by atoms with Crippen molar-refractivity contribution in [2.45, 2.75) is 57.3 Å². The molecule has 2 aliphatic rings. The number of benzene rings is 2. The van der Waals surface area contributed by atoms with E-state index in [2.05, 4.69) is 62.4 Å². The molecule has 2 heterocycles. The van der Waals surface area contributed by atoms with Gasteiger partial charge in [0.05, 0.1) is 11.4 Å². The van der Waals surface area contributed by atoms with Crippen LogP contribution in [0.2, 0.25) is 0 Å². The fourth-order valence-electron chi connectivity index (χ4n) is 5.57. The third-order valence-corrected chi connectivity index (χ3v) is 7.19. The van der Waals surface area contributed by atoms with Gasteiger partial charge in [-0.3, -0.25) is 9.97 Å². The molecule has 6 rings (SSSR count). The summed E-state index contributed by atoms with van der Waals surface area (Å²) in [6.45, 7) is 4.67. The van der Waals surface area contributed by atoms with Crippen LogP contribution in [-0.4, -0.2) is 9.97 Å². The number of pyridine rings is 2. The van der Waals surface area contributed by atoms with E-state index in [9.17, 15) is 0 Å². The van der Waals surface area contributed by atoms with Gasteiger partial charge >= 0.3 is 0 Å². The second kappa shape index (κ2) is 6.13. The zero-order valence-corrected chi connectivity index (χ0v) is 17.2. The second-order valence-electron chi connectivity index (χ2n) is 9.36. The minimum Gasteiger partial charge on any atom is -0.256 e. The standard InChI is InChI=1S/C27H26N2/c1-27(2)22-15-19-11-7-6-10-18(19)14-21(22)25-24-20(12-13-28-25)16-23(29-26(24)27)17-8-4-3-5-9-17/h6-7,10-17H,3-5,8-9H2,1-2H3. The van der Waals surface area contributed by atoms with Crippen LogP contribution in [0.25, 0.3) is 32.8 Å². The lowest BCUT2D eigenvalue weighted by Crippen LogP contribution is -2.26. The van der Waals surface area contributed by atoms with E-state index in [-0.39, 0.29) is 5.41 Å². The van der Waals surface area contributed by atoms with Gasteiger partial charge in [-0.15, -0.1) is 0 Å². The molecule has 29 heavy (non-hydrogen) atoms. The Kier molecular flexibility index (Phi) is 3.62. The Hall–Kier alpha value is -2.74. The van der Waals surface area contributed by atoms with Crippen LogP contribution in [-0.2, 0) is 5.41 Å². The van der Waals surface area contributed by atoms with Crippen LogP contribution < -0.4 is 0 Å². The Bertz CT molecular complexity index is 1260. The van der Waals surface area contributed by atoms with Crippen LogP contribution in [0.15, 0.2) is 54.7 Å². The molecular formula is C27H26N2. The summed E-state index contributed by atoms with van der Waals surface area (Å²) in [6, 6.07) is 17.9. The Morgan fingerprint density at radius 1 is 0.862 bits per heavy atom. The highest BCUT2D eigenvalue weighted by Gasteiger charge is 2.36. The third-order valence-electron chi connectivity index (χ3n) is 7.19. The van der Waals surface area contributed by atoms with Crippen molar-refractivity contribution in [1.29, 1.82) is 0 Å². The predicted octanol–water partition coefficient (Wildman–Crippen LogP) is 7.14. The molecule has 0 N–H and O–H groups in total. The fraction of sp³-hybridized carbons (Fsp3) is 0.333. The maximum Gasteiger partial charge on any atom is 0.0802 e. The molecule has 1 saturated carbocycles. The van der Waals surface area contributed by atoms with E-state index in [1.54, 1.807) is 0 Å². The molecule has 4 aromatic rings. The van der Waals surface area contributed by atoms with Crippen molar-refractivity contribution in [1.82, 2.24) is 9.97 Å². The molecule has 1 fully saturated rings. The van der Waals surface area contributed by atoms with E-state index in [4.69, 9.17) is 9.97 Å². The Morgan fingerprint density at radius 3 is 2.41 bits per heavy atom. The summed E-state index contributed by atoms with van der Waals surface area (Å²) in [5, 5.41) is 5.11. The summed E-state index contributed by atoms with van der Waals surface area (Å²) in [6.07, 6.45) is 8.56. The van der Waals surface area contributed by atoms with Gasteiger partial charge in [-0.1, -0.05) is 57.4 Å². The fourth-order valence-corrected chi connectivity index (χ4v) is 5.57. The van der Waals surface area contributed by atoms with E-state index in [1.807, 2.05) is 6.20 Å². The molecule has 2 aliphatic carbocycles. The monoisotopic (exact) mass is 378 g/mol. The van der Waals surface area contributed by atoms with Gasteiger partial charge in [-0.25, -0.2) is 0 Å². The zero-order chi connectivity index (χ0) is 19.6. The van der Waals surface area contributed by atoms with Crippen LogP contribution >= 0.6 is 0 Å². The molecule has 0 unspecified atom stereocenters. The lowest BCUT2D eigenvalue weighted by atomic mass is 9.71. The van der Waals surface area contributed by atoms with E-state index in [0.717, 1.165) is 5.69 Å². The number of rotatable bonds is 1. The largest absolute Gasteiger partial charge is 0.256 e. The SMILES string of the molecule is CC1(C)c2cc3ccccc3cc2-c2nccc3cc(C4CCCCC4)nc1c23. The van der Waals surface area contributed by atoms with Crippen LogP contribution in [0, 0.1) is 0 Å². The molecule has 2 nitrogen and oxygen atoms in total. The third kappa shape index (κ3) is 2.48. The lowest BCUT2D eigenvalue weighted by molar-refractivity contribution is 0.435. The maximum absolute atomic E-state index is 5.35. The summed E-state index contributed by atoms with van der Waals surface area (Å²) in [5.41, 5.74) is 6.07. The molecule has 0 saturated heterocycles. The van der Waals surface area contributed by atoms with E-state index < -0.39 is 0 Å². The first-order valence-corrected chi connectivity index (χ1v) is 11.0. The maximum atomic E-state index is 5.35. The number of aromatic nitrogens is 2. The van der Waals surface area contributed by atoms with Gasteiger partial charge in [0.15, 0.2) is 0 Å². The van der Waals surface area contributed by atoms with Crippen molar-refractivity contribution in [2.75, 3.05) is 0 Å². The summed E-state index contributed by atoms with van der Waals surface area (Å²) in [4.78, 5) is 10.2. The number of hydrogen-bond acceptors (Lipinski definition) is 2. The van der Waals surface area contributed by atoms with Gasteiger partial charge in [-0.2, -0.15) is 0 Å². The second-order valence-corrected chi connectivity index (χ2v) is 9.36. The van der Waals surface area contributed by atoms with Crippen molar-refractivity contribution in [3.63, 3.8) is 0 Å². The molecule has 0 aliphatic heterocycles. The first kappa shape index (κ1) is 17.1. The topological polar surface area (TPSA) is 25.8 Å². The average Bonchev–Trinajstić information content (AvgIpc) is 2.77. The van der Waals surface area contributed by atoms with Gasteiger partial charge in [0.25, 0.3) is 0 Å². The first-order valence-electron chi connectivity index (χ1n) is 11.0. The Labute approximate surface area is 172 Å². The van der Waals surface area contributed by atoms with E-state index >= 15 is 0 Å². The highest BCUT2D eigenvalue weighted by Crippen LogP contribution is 2.49. The zero-order valence-electron chi connectivity index (χ0n) is 17.2. The van der Waals surface area contributed by atoms with Gasteiger partial charge in [0, 0.05) is 34.2 Å². The molecule has 2 aromatic carbocycles. The van der Waals surface area contributed by atoms with E-state index in [1.165, 1.54) is 76.2 Å². The van der Waals surface area contributed by atoms with Crippen LogP contribution in [0.5, 0.6) is 0 Å². The molecule has 0 bridgehead atoms. The Balaban J connectivity index is 1.67. The predicted molar refractivity (Wildman–Crippen MR) is 120 cm³/mol. The molecule has 2 heteroatoms. The highest BCUT2D eigenvalue weighted by molar-refractivity contribution is 6.03. The molecule has 0 amide bonds. The quantitative estimate of drug-likeness (QED) is 0.352. The van der Waals surface area contributed by atoms with Crippen LogP contribution in [0.4, 0.5) is 0 Å². The van der Waals surface area contributed by atoms with Gasteiger partial charge in [0.2, 0.25) is 0 Å². The molecule has 0 spiro atoms. The van der Waals surface area contributed by atoms with E-state index in [0.29, 0.717) is 5.92 Å². The molecule has 0 atom stereocenters. The van der Waals surface area contributed by atoms with Crippen LogP contribution in [0.1, 0.15) is 68.8 Å². The van der Waals surface area contributed by atoms with Gasteiger partial charge < -0.3 is 0 Å². The Morgan fingerprint density at radius 2 is 1.62 bits per heavy atom. The summed E-state index contributed by atoms with van der Waals surface area (Å²) in [5.74, 6) is 0.606. The number of fused-ring (bicyclic) bond motifs is 3. The van der Waals surface area contributed by atoms with Crippen molar-refractivity contribution in [3.8, 4) is 11.3 Å². The van der Waals surface area contributed by atoms with Gasteiger partial charge in [0.1, 0.15) is 0 Å². The lowest BCUT2D eigenvalue weighted by Gasteiger charge is -2.35.